The van der Waals surface area contributed by atoms with E-state index in [1.54, 1.807) is 12.1 Å². The number of rotatable bonds is 5. The summed E-state index contributed by atoms with van der Waals surface area (Å²) in [5.74, 6) is 0.419. The zero-order chi connectivity index (χ0) is 24.0. The number of benzene rings is 2. The summed E-state index contributed by atoms with van der Waals surface area (Å²) in [7, 11) is 3.40. The summed E-state index contributed by atoms with van der Waals surface area (Å²) < 4.78 is 31.0. The second-order valence-electron chi connectivity index (χ2n) is 8.50. The second kappa shape index (κ2) is 8.53. The van der Waals surface area contributed by atoms with Crippen molar-refractivity contribution in [3.8, 4) is 23.1 Å². The van der Waals surface area contributed by atoms with Crippen LogP contribution in [-0.4, -0.2) is 37.0 Å². The molecule has 1 aromatic heterocycles. The normalized spacial score (nSPS) is 18.6. The first-order valence-electron chi connectivity index (χ1n) is 11.0. The quantitative estimate of drug-likeness (QED) is 0.540. The molecule has 0 radical (unpaired) electrons. The molecule has 0 saturated heterocycles. The lowest BCUT2D eigenvalue weighted by Crippen LogP contribution is -3.10. The van der Waals surface area contributed by atoms with Gasteiger partial charge in [-0.1, -0.05) is 12.1 Å². The van der Waals surface area contributed by atoms with Crippen molar-refractivity contribution in [1.29, 1.82) is 0 Å². The van der Waals surface area contributed by atoms with Crippen molar-refractivity contribution in [1.82, 2.24) is 9.55 Å². The Labute approximate surface area is 193 Å². The Morgan fingerprint density at radius 3 is 2.74 bits per heavy atom. The van der Waals surface area contributed by atoms with Crippen LogP contribution in [0.15, 0.2) is 39.9 Å². The number of quaternary nitrogens is 1. The molecule has 0 bridgehead atoms. The van der Waals surface area contributed by atoms with Crippen LogP contribution < -0.4 is 35.5 Å². The number of nitrogens with one attached hydrogen (secondary N) is 2. The highest BCUT2D eigenvalue weighted by molar-refractivity contribution is 5.62. The SMILES string of the molecule is COc1c2c(cc3c1C(c1c([O-])n(CCc4ccc(F)cc4)c(=O)[nH]c1=O)[NH+](C)CC3)OCO2. The van der Waals surface area contributed by atoms with E-state index in [0.29, 0.717) is 42.2 Å². The first kappa shape index (κ1) is 22.0. The highest BCUT2D eigenvalue weighted by Gasteiger charge is 2.39. The fraction of sp³-hybridized carbons (Fsp3) is 0.333. The summed E-state index contributed by atoms with van der Waals surface area (Å²) >= 11 is 0. The lowest BCUT2D eigenvalue weighted by molar-refractivity contribution is -0.908. The molecule has 0 amide bonds. The van der Waals surface area contributed by atoms with Gasteiger partial charge in [-0.2, -0.15) is 0 Å². The van der Waals surface area contributed by atoms with Gasteiger partial charge in [0.1, 0.15) is 11.9 Å². The predicted octanol–water partition coefficient (Wildman–Crippen LogP) is -0.110. The molecule has 2 aliphatic heterocycles. The Bertz CT molecular complexity index is 1370. The Kier molecular flexibility index (Phi) is 5.52. The van der Waals surface area contributed by atoms with E-state index in [1.807, 2.05) is 13.1 Å². The van der Waals surface area contributed by atoms with Crippen molar-refractivity contribution in [2.45, 2.75) is 25.4 Å². The second-order valence-corrected chi connectivity index (χ2v) is 8.50. The van der Waals surface area contributed by atoms with E-state index in [1.165, 1.54) is 19.2 Å². The molecule has 0 spiro atoms. The average Bonchev–Trinajstić information content (AvgIpc) is 3.28. The molecule has 2 unspecified atom stereocenters. The molecule has 0 fully saturated rings. The van der Waals surface area contributed by atoms with E-state index >= 15 is 0 Å². The predicted molar refractivity (Wildman–Crippen MR) is 117 cm³/mol. The number of fused-ring (bicyclic) bond motifs is 2. The molecule has 10 heteroatoms. The fourth-order valence-electron chi connectivity index (χ4n) is 4.83. The van der Waals surface area contributed by atoms with Crippen LogP contribution in [0, 0.1) is 5.82 Å². The van der Waals surface area contributed by atoms with Gasteiger partial charge >= 0.3 is 5.69 Å². The van der Waals surface area contributed by atoms with Crippen LogP contribution in [-0.2, 0) is 19.4 Å². The number of halogens is 1. The third-order valence-corrected chi connectivity index (χ3v) is 6.53. The molecule has 2 aliphatic rings. The molecule has 34 heavy (non-hydrogen) atoms. The van der Waals surface area contributed by atoms with Crippen LogP contribution in [0.25, 0.3) is 0 Å². The molecule has 2 aromatic carbocycles. The van der Waals surface area contributed by atoms with Gasteiger partial charge in [0.25, 0.3) is 5.56 Å². The molecule has 0 saturated carbocycles. The number of ether oxygens (including phenoxy) is 3. The van der Waals surface area contributed by atoms with Gasteiger partial charge in [0.15, 0.2) is 11.5 Å². The number of H-pyrrole nitrogens is 1. The monoisotopic (exact) mass is 469 g/mol. The van der Waals surface area contributed by atoms with E-state index in [2.05, 4.69) is 4.98 Å². The molecule has 3 aromatic rings. The zero-order valence-electron chi connectivity index (χ0n) is 18.8. The standard InChI is InChI=1S/C24H24FN3O6/c1-27-9-8-14-11-16-20(34-12-33-16)21(32-2)17(14)19(27)18-22(29)26-24(31)28(23(18)30)10-7-13-3-5-15(25)6-4-13/h3-6,11,19,30H,7-10,12H2,1-2H3,(H,26,29,31). The molecule has 9 nitrogen and oxygen atoms in total. The molecule has 3 heterocycles. The first-order chi connectivity index (χ1) is 16.4. The van der Waals surface area contributed by atoms with E-state index in [4.69, 9.17) is 14.2 Å². The number of hydrogen-bond donors (Lipinski definition) is 2. The van der Waals surface area contributed by atoms with Crippen molar-refractivity contribution in [3.63, 3.8) is 0 Å². The van der Waals surface area contributed by atoms with Crippen molar-refractivity contribution in [2.75, 3.05) is 27.5 Å². The van der Waals surface area contributed by atoms with E-state index < -0.39 is 23.2 Å². The van der Waals surface area contributed by atoms with Gasteiger partial charge in [-0.05, 0) is 41.6 Å². The highest BCUT2D eigenvalue weighted by Crippen LogP contribution is 2.48. The van der Waals surface area contributed by atoms with E-state index in [0.717, 1.165) is 20.6 Å². The van der Waals surface area contributed by atoms with Gasteiger partial charge in [0.2, 0.25) is 12.5 Å². The van der Waals surface area contributed by atoms with Gasteiger partial charge in [0, 0.05) is 13.0 Å². The minimum atomic E-state index is -0.771. The summed E-state index contributed by atoms with van der Waals surface area (Å²) in [6.07, 6.45) is 1.02. The fourth-order valence-corrected chi connectivity index (χ4v) is 4.83. The number of methoxy groups -OCH3 is 1. The van der Waals surface area contributed by atoms with Crippen molar-refractivity contribution >= 4 is 0 Å². The van der Waals surface area contributed by atoms with Crippen LogP contribution in [0.1, 0.15) is 28.3 Å². The number of likely N-dealkylation sites (N-methyl/N-ethyl adjacent to an activating group) is 1. The van der Waals surface area contributed by atoms with Gasteiger partial charge in [-0.15, -0.1) is 0 Å². The minimum absolute atomic E-state index is 0.0330. The summed E-state index contributed by atoms with van der Waals surface area (Å²) in [5, 5.41) is 13.5. The van der Waals surface area contributed by atoms with Gasteiger partial charge < -0.3 is 28.8 Å². The number of aryl methyl sites for hydroxylation is 1. The highest BCUT2D eigenvalue weighted by atomic mass is 19.1. The summed E-state index contributed by atoms with van der Waals surface area (Å²) in [4.78, 5) is 28.8. The Balaban J connectivity index is 1.62. The Hall–Kier alpha value is -3.79. The Morgan fingerprint density at radius 1 is 1.24 bits per heavy atom. The van der Waals surface area contributed by atoms with Crippen molar-refractivity contribution in [2.24, 2.45) is 0 Å². The van der Waals surface area contributed by atoms with Crippen molar-refractivity contribution < 1.29 is 28.6 Å². The van der Waals surface area contributed by atoms with E-state index in [9.17, 15) is 19.1 Å². The third kappa shape index (κ3) is 3.60. The molecular weight excluding hydrogens is 445 g/mol. The maximum absolute atomic E-state index is 13.5. The van der Waals surface area contributed by atoms with Gasteiger partial charge in [-0.25, -0.2) is 9.18 Å². The topological polar surface area (TPSA) is 110 Å². The molecular formula is C24H24FN3O6. The summed E-state index contributed by atoms with van der Waals surface area (Å²) in [5.41, 5.74) is 0.827. The maximum Gasteiger partial charge on any atom is 0.327 e. The lowest BCUT2D eigenvalue weighted by Gasteiger charge is -2.35. The summed E-state index contributed by atoms with van der Waals surface area (Å²) in [6, 6.07) is 7.04. The molecule has 0 aliphatic carbocycles. The number of aromatic amines is 1. The molecule has 2 N–H and O–H groups in total. The van der Waals surface area contributed by atoms with E-state index in [-0.39, 0.29) is 24.7 Å². The largest absolute Gasteiger partial charge is 0.859 e. The molecule has 2 atom stereocenters. The molecule has 178 valence electrons. The van der Waals surface area contributed by atoms with Crippen LogP contribution >= 0.6 is 0 Å². The minimum Gasteiger partial charge on any atom is -0.859 e. The average molecular weight is 469 g/mol. The van der Waals surface area contributed by atoms with Crippen molar-refractivity contribution in [3.05, 3.63) is 79.2 Å². The van der Waals surface area contributed by atoms with Gasteiger partial charge in [0.05, 0.1) is 31.8 Å². The smallest absolute Gasteiger partial charge is 0.327 e. The number of aromatic nitrogens is 2. The van der Waals surface area contributed by atoms with Crippen LogP contribution in [0.5, 0.6) is 23.1 Å². The van der Waals surface area contributed by atoms with Crippen LogP contribution in [0.3, 0.4) is 0 Å². The third-order valence-electron chi connectivity index (χ3n) is 6.53. The Morgan fingerprint density at radius 2 is 2.00 bits per heavy atom. The molecule has 5 rings (SSSR count). The lowest BCUT2D eigenvalue weighted by atomic mass is 9.87. The van der Waals surface area contributed by atoms with Gasteiger partial charge in [-0.3, -0.25) is 9.78 Å². The first-order valence-corrected chi connectivity index (χ1v) is 11.0. The number of nitrogens with zero attached hydrogens (tertiary/aromatic N) is 1. The summed E-state index contributed by atoms with van der Waals surface area (Å²) in [6.45, 7) is 0.766. The zero-order valence-corrected chi connectivity index (χ0v) is 18.8. The van der Waals surface area contributed by atoms with Crippen LogP contribution in [0.4, 0.5) is 4.39 Å². The number of hydrogen-bond acceptors (Lipinski definition) is 6. The van der Waals surface area contributed by atoms with Crippen LogP contribution in [0.2, 0.25) is 0 Å². The maximum atomic E-state index is 13.5.